The molecule has 1 atom stereocenters. The van der Waals surface area contributed by atoms with Gasteiger partial charge in [0.2, 0.25) is 0 Å². The molecular weight excluding hydrogens is 379 g/mol. The first-order valence-electron chi connectivity index (χ1n) is 8.27. The minimum Gasteiger partial charge on any atom is -0.481 e. The summed E-state index contributed by atoms with van der Waals surface area (Å²) in [7, 11) is 0. The zero-order valence-corrected chi connectivity index (χ0v) is 14.8. The minimum atomic E-state index is -4.67. The van der Waals surface area contributed by atoms with E-state index in [1.807, 2.05) is 6.07 Å². The van der Waals surface area contributed by atoms with E-state index in [-0.39, 0.29) is 18.8 Å². The first kappa shape index (κ1) is 21.0. The van der Waals surface area contributed by atoms with Gasteiger partial charge in [-0.1, -0.05) is 18.2 Å². The molecule has 7 nitrogen and oxygen atoms in total. The largest absolute Gasteiger partial charge is 0.481 e. The summed E-state index contributed by atoms with van der Waals surface area (Å²) in [6.45, 7) is 1.74. The molecule has 10 heteroatoms. The molecule has 0 heterocycles. The van der Waals surface area contributed by atoms with Gasteiger partial charge in [-0.2, -0.15) is 13.2 Å². The highest BCUT2D eigenvalue weighted by atomic mass is 19.4. The van der Waals surface area contributed by atoms with Crippen LogP contribution in [0.4, 0.5) is 24.5 Å². The fraction of sp³-hybridized carbons (Fsp3) is 0.278. The lowest BCUT2D eigenvalue weighted by molar-refractivity contribution is -0.384. The van der Waals surface area contributed by atoms with E-state index < -0.39 is 34.4 Å². The van der Waals surface area contributed by atoms with Crippen molar-refractivity contribution in [1.29, 1.82) is 0 Å². The Morgan fingerprint density at radius 3 is 2.46 bits per heavy atom. The molecule has 0 aliphatic carbocycles. The Labute approximate surface area is 158 Å². The Hall–Kier alpha value is -3.30. The van der Waals surface area contributed by atoms with Crippen LogP contribution in [0, 0.1) is 10.1 Å². The van der Waals surface area contributed by atoms with Gasteiger partial charge >= 0.3 is 6.18 Å². The van der Waals surface area contributed by atoms with Gasteiger partial charge in [0.05, 0.1) is 10.5 Å². The van der Waals surface area contributed by atoms with Crippen molar-refractivity contribution in [2.24, 2.45) is 0 Å². The second-order valence-electron chi connectivity index (χ2n) is 5.78. The van der Waals surface area contributed by atoms with Gasteiger partial charge in [0, 0.05) is 19.2 Å². The lowest BCUT2D eigenvalue weighted by Crippen LogP contribution is -2.38. The summed E-state index contributed by atoms with van der Waals surface area (Å²) in [4.78, 5) is 22.1. The average Bonchev–Trinajstić information content (AvgIpc) is 2.64. The number of rotatable bonds is 8. The molecule has 28 heavy (non-hydrogen) atoms. The Morgan fingerprint density at radius 2 is 1.86 bits per heavy atom. The summed E-state index contributed by atoms with van der Waals surface area (Å²) < 4.78 is 43.5. The smallest absolute Gasteiger partial charge is 0.416 e. The normalized spacial score (nSPS) is 12.1. The average molecular weight is 397 g/mol. The SMILES string of the molecule is CC(Oc1ccccc1)C(=O)NCCNc1ccc(C(F)(F)F)cc1[N+](=O)[O-]. The third kappa shape index (κ3) is 5.86. The summed E-state index contributed by atoms with van der Waals surface area (Å²) in [5.74, 6) is 0.135. The summed E-state index contributed by atoms with van der Waals surface area (Å²) in [6, 6.07) is 11.0. The zero-order valence-electron chi connectivity index (χ0n) is 14.8. The predicted octanol–water partition coefficient (Wildman–Crippen LogP) is 3.61. The van der Waals surface area contributed by atoms with E-state index in [0.29, 0.717) is 11.8 Å². The number of para-hydroxylation sites is 1. The first-order valence-corrected chi connectivity index (χ1v) is 8.27. The van der Waals surface area contributed by atoms with Crippen molar-refractivity contribution in [1.82, 2.24) is 5.32 Å². The number of benzene rings is 2. The van der Waals surface area contributed by atoms with Crippen LogP contribution < -0.4 is 15.4 Å². The van der Waals surface area contributed by atoms with Gasteiger partial charge in [-0.3, -0.25) is 14.9 Å². The molecule has 0 aromatic heterocycles. The monoisotopic (exact) mass is 397 g/mol. The molecule has 0 fully saturated rings. The number of nitrogens with zero attached hydrogens (tertiary/aromatic N) is 1. The molecule has 0 aliphatic rings. The highest BCUT2D eigenvalue weighted by molar-refractivity contribution is 5.80. The van der Waals surface area contributed by atoms with Crippen LogP contribution in [0.3, 0.4) is 0 Å². The van der Waals surface area contributed by atoms with Crippen LogP contribution in [0.5, 0.6) is 5.75 Å². The van der Waals surface area contributed by atoms with Gasteiger partial charge in [-0.05, 0) is 31.2 Å². The molecule has 0 saturated carbocycles. The highest BCUT2D eigenvalue weighted by Crippen LogP contribution is 2.34. The molecule has 0 saturated heterocycles. The van der Waals surface area contributed by atoms with Crippen LogP contribution in [-0.2, 0) is 11.0 Å². The second kappa shape index (κ2) is 9.07. The third-order valence-electron chi connectivity index (χ3n) is 3.69. The Bertz CT molecular complexity index is 829. The minimum absolute atomic E-state index is 0.0687. The number of ether oxygens (including phenoxy) is 1. The summed E-state index contributed by atoms with van der Waals surface area (Å²) in [6.07, 6.45) is -5.44. The number of nitro benzene ring substituents is 1. The molecule has 0 spiro atoms. The lowest BCUT2D eigenvalue weighted by atomic mass is 10.1. The topological polar surface area (TPSA) is 93.5 Å². The van der Waals surface area contributed by atoms with Crippen molar-refractivity contribution in [2.75, 3.05) is 18.4 Å². The third-order valence-corrected chi connectivity index (χ3v) is 3.69. The molecule has 2 rings (SSSR count). The number of halogens is 3. The number of carbonyl (C=O) groups excluding carboxylic acids is 1. The quantitative estimate of drug-likeness (QED) is 0.403. The fourth-order valence-electron chi connectivity index (χ4n) is 2.29. The number of alkyl halides is 3. The molecule has 1 amide bonds. The fourth-order valence-corrected chi connectivity index (χ4v) is 2.29. The molecule has 1 unspecified atom stereocenters. The Kier molecular flexibility index (Phi) is 6.80. The van der Waals surface area contributed by atoms with Gasteiger partial charge < -0.3 is 15.4 Å². The Balaban J connectivity index is 1.87. The summed E-state index contributed by atoms with van der Waals surface area (Å²) >= 11 is 0. The first-order chi connectivity index (χ1) is 13.2. The van der Waals surface area contributed by atoms with Crippen molar-refractivity contribution in [3.8, 4) is 5.75 Å². The van der Waals surface area contributed by atoms with Gasteiger partial charge in [0.1, 0.15) is 11.4 Å². The molecule has 0 radical (unpaired) electrons. The maximum atomic E-state index is 12.7. The zero-order chi connectivity index (χ0) is 20.7. The summed E-state index contributed by atoms with van der Waals surface area (Å²) in [5.41, 5.74) is -1.87. The van der Waals surface area contributed by atoms with E-state index in [9.17, 15) is 28.1 Å². The number of nitrogens with one attached hydrogen (secondary N) is 2. The van der Waals surface area contributed by atoms with Crippen LogP contribution in [0.1, 0.15) is 12.5 Å². The number of nitro groups is 1. The van der Waals surface area contributed by atoms with Crippen LogP contribution >= 0.6 is 0 Å². The summed E-state index contributed by atoms with van der Waals surface area (Å²) in [5, 5.41) is 16.3. The van der Waals surface area contributed by atoms with E-state index in [1.54, 1.807) is 31.2 Å². The van der Waals surface area contributed by atoms with Crippen molar-refractivity contribution in [3.05, 3.63) is 64.2 Å². The molecule has 150 valence electrons. The predicted molar refractivity (Wildman–Crippen MR) is 96.1 cm³/mol. The van der Waals surface area contributed by atoms with Gasteiger partial charge in [0.25, 0.3) is 11.6 Å². The van der Waals surface area contributed by atoms with Crippen LogP contribution in [-0.4, -0.2) is 30.0 Å². The van der Waals surface area contributed by atoms with Gasteiger partial charge in [0.15, 0.2) is 6.10 Å². The Morgan fingerprint density at radius 1 is 1.18 bits per heavy atom. The molecular formula is C18H18F3N3O4. The van der Waals surface area contributed by atoms with Crippen LogP contribution in [0.15, 0.2) is 48.5 Å². The lowest BCUT2D eigenvalue weighted by Gasteiger charge is -2.15. The number of amides is 1. The maximum absolute atomic E-state index is 12.7. The van der Waals surface area contributed by atoms with E-state index in [4.69, 9.17) is 4.74 Å². The highest BCUT2D eigenvalue weighted by Gasteiger charge is 2.33. The van der Waals surface area contributed by atoms with E-state index in [0.717, 1.165) is 12.1 Å². The van der Waals surface area contributed by atoms with Crippen molar-refractivity contribution < 1.29 is 27.6 Å². The number of carbonyl (C=O) groups is 1. The molecule has 0 bridgehead atoms. The van der Waals surface area contributed by atoms with E-state index >= 15 is 0 Å². The molecule has 0 aliphatic heterocycles. The number of anilines is 1. The van der Waals surface area contributed by atoms with E-state index in [2.05, 4.69) is 10.6 Å². The molecule has 2 aromatic rings. The maximum Gasteiger partial charge on any atom is 0.416 e. The second-order valence-corrected chi connectivity index (χ2v) is 5.78. The van der Waals surface area contributed by atoms with Crippen molar-refractivity contribution in [2.45, 2.75) is 19.2 Å². The van der Waals surface area contributed by atoms with Gasteiger partial charge in [-0.15, -0.1) is 0 Å². The molecule has 2 N–H and O–H groups in total. The van der Waals surface area contributed by atoms with Crippen molar-refractivity contribution >= 4 is 17.3 Å². The molecule has 2 aromatic carbocycles. The number of hydrogen-bond acceptors (Lipinski definition) is 5. The van der Waals surface area contributed by atoms with Gasteiger partial charge in [-0.25, -0.2) is 0 Å². The number of hydrogen-bond donors (Lipinski definition) is 2. The standard InChI is InChI=1S/C18H18F3N3O4/c1-12(28-14-5-3-2-4-6-14)17(25)23-10-9-22-15-8-7-13(18(19,20)21)11-16(15)24(26)27/h2-8,11-12,22H,9-10H2,1H3,(H,23,25). The van der Waals surface area contributed by atoms with E-state index in [1.165, 1.54) is 0 Å². The van der Waals surface area contributed by atoms with Crippen LogP contribution in [0.2, 0.25) is 0 Å². The van der Waals surface area contributed by atoms with Crippen LogP contribution in [0.25, 0.3) is 0 Å². The van der Waals surface area contributed by atoms with Crippen molar-refractivity contribution in [3.63, 3.8) is 0 Å².